The van der Waals surface area contributed by atoms with E-state index in [0.717, 1.165) is 27.8 Å². The molecule has 0 unspecified atom stereocenters. The van der Waals surface area contributed by atoms with E-state index in [1.807, 2.05) is 24.3 Å². The summed E-state index contributed by atoms with van der Waals surface area (Å²) in [5.74, 6) is -1.34. The number of aliphatic carboxylic acids is 1. The lowest BCUT2D eigenvalue weighted by molar-refractivity contribution is -0.137. The van der Waals surface area contributed by atoms with E-state index in [1.165, 1.54) is 0 Å². The number of carbonyl (C=O) groups excluding carboxylic acids is 1. The highest BCUT2D eigenvalue weighted by molar-refractivity contribution is 6.30. The minimum Gasteiger partial charge on any atom is -0.481 e. The summed E-state index contributed by atoms with van der Waals surface area (Å²) in [6.45, 7) is 0.370. The van der Waals surface area contributed by atoms with Gasteiger partial charge in [-0.2, -0.15) is 0 Å². The standard InChI is InChI=1S/C25H22ClNO4/c26-18-11-9-16(10-12-18)17(13-24(28)29)14-27-25(30)31-15-23-21-7-3-1-5-19(21)20-6-2-4-8-22(20)23/h1-12,17,23H,13-15H2,(H,27,30)(H,28,29)/t17-/m1/s1. The van der Waals surface area contributed by atoms with E-state index in [2.05, 4.69) is 29.6 Å². The van der Waals surface area contributed by atoms with Gasteiger partial charge in [-0.15, -0.1) is 0 Å². The van der Waals surface area contributed by atoms with Crippen molar-refractivity contribution in [1.82, 2.24) is 5.32 Å². The SMILES string of the molecule is O=C(O)C[C@H](CNC(=O)OCC1c2ccccc2-c2ccccc21)c1ccc(Cl)cc1. The van der Waals surface area contributed by atoms with Crippen LogP contribution in [0.5, 0.6) is 0 Å². The summed E-state index contributed by atoms with van der Waals surface area (Å²) >= 11 is 5.92. The Labute approximate surface area is 185 Å². The smallest absolute Gasteiger partial charge is 0.407 e. The molecule has 1 amide bonds. The summed E-state index contributed by atoms with van der Waals surface area (Å²) in [5, 5.41) is 12.5. The van der Waals surface area contributed by atoms with Gasteiger partial charge in [0.2, 0.25) is 0 Å². The van der Waals surface area contributed by atoms with E-state index in [1.54, 1.807) is 24.3 Å². The molecule has 0 bridgehead atoms. The molecule has 0 saturated heterocycles. The normalized spacial score (nSPS) is 13.2. The third-order valence-electron chi connectivity index (χ3n) is 5.60. The van der Waals surface area contributed by atoms with Crippen LogP contribution in [0.2, 0.25) is 5.02 Å². The fraction of sp³-hybridized carbons (Fsp3) is 0.200. The van der Waals surface area contributed by atoms with Crippen LogP contribution >= 0.6 is 11.6 Å². The molecule has 158 valence electrons. The number of halogens is 1. The van der Waals surface area contributed by atoms with Crippen molar-refractivity contribution >= 4 is 23.7 Å². The van der Waals surface area contributed by atoms with Gasteiger partial charge in [0, 0.05) is 23.4 Å². The van der Waals surface area contributed by atoms with Crippen LogP contribution in [0.15, 0.2) is 72.8 Å². The van der Waals surface area contributed by atoms with Crippen LogP contribution in [0.3, 0.4) is 0 Å². The van der Waals surface area contributed by atoms with E-state index in [-0.39, 0.29) is 31.4 Å². The highest BCUT2D eigenvalue weighted by Gasteiger charge is 2.29. The number of amides is 1. The van der Waals surface area contributed by atoms with Crippen LogP contribution in [-0.4, -0.2) is 30.3 Å². The van der Waals surface area contributed by atoms with Crippen molar-refractivity contribution < 1.29 is 19.4 Å². The van der Waals surface area contributed by atoms with E-state index in [4.69, 9.17) is 16.3 Å². The Morgan fingerprint density at radius 2 is 1.52 bits per heavy atom. The zero-order valence-electron chi connectivity index (χ0n) is 16.8. The Balaban J connectivity index is 1.40. The first-order valence-electron chi connectivity index (χ1n) is 10.1. The number of benzene rings is 3. The first-order valence-corrected chi connectivity index (χ1v) is 10.5. The molecule has 1 atom stereocenters. The van der Waals surface area contributed by atoms with Crippen LogP contribution < -0.4 is 5.32 Å². The monoisotopic (exact) mass is 435 g/mol. The maximum atomic E-state index is 12.4. The number of fused-ring (bicyclic) bond motifs is 3. The molecular weight excluding hydrogens is 414 g/mol. The molecule has 0 radical (unpaired) electrons. The van der Waals surface area contributed by atoms with Gasteiger partial charge in [0.25, 0.3) is 0 Å². The van der Waals surface area contributed by atoms with E-state index >= 15 is 0 Å². The molecule has 1 aliphatic rings. The van der Waals surface area contributed by atoms with Gasteiger partial charge in [-0.05, 0) is 39.9 Å². The zero-order chi connectivity index (χ0) is 21.8. The Hall–Kier alpha value is -3.31. The Morgan fingerprint density at radius 1 is 0.935 bits per heavy atom. The van der Waals surface area contributed by atoms with Gasteiger partial charge < -0.3 is 15.2 Å². The molecular formula is C25H22ClNO4. The molecule has 0 aromatic heterocycles. The average molecular weight is 436 g/mol. The number of nitrogens with one attached hydrogen (secondary N) is 1. The quantitative estimate of drug-likeness (QED) is 0.518. The van der Waals surface area contributed by atoms with Gasteiger partial charge in [0.15, 0.2) is 0 Å². The van der Waals surface area contributed by atoms with Crippen molar-refractivity contribution in [2.24, 2.45) is 0 Å². The van der Waals surface area contributed by atoms with Crippen molar-refractivity contribution in [3.05, 3.63) is 94.5 Å². The fourth-order valence-corrected chi connectivity index (χ4v) is 4.24. The number of carboxylic acid groups (broad SMARTS) is 1. The topological polar surface area (TPSA) is 75.6 Å². The fourth-order valence-electron chi connectivity index (χ4n) is 4.11. The lowest BCUT2D eigenvalue weighted by Gasteiger charge is -2.18. The van der Waals surface area contributed by atoms with Crippen LogP contribution in [0.1, 0.15) is 34.9 Å². The summed E-state index contributed by atoms with van der Waals surface area (Å²) in [7, 11) is 0. The molecule has 4 rings (SSSR count). The number of hydrogen-bond acceptors (Lipinski definition) is 3. The van der Waals surface area contributed by atoms with Crippen LogP contribution in [0.25, 0.3) is 11.1 Å². The largest absolute Gasteiger partial charge is 0.481 e. The molecule has 0 heterocycles. The number of carbonyl (C=O) groups is 2. The second-order valence-corrected chi connectivity index (χ2v) is 7.99. The lowest BCUT2D eigenvalue weighted by atomic mass is 9.96. The molecule has 3 aromatic rings. The minimum atomic E-state index is -0.936. The minimum absolute atomic E-state index is 0.0239. The van der Waals surface area contributed by atoms with Crippen LogP contribution in [-0.2, 0) is 9.53 Å². The highest BCUT2D eigenvalue weighted by atomic mass is 35.5. The molecule has 0 aliphatic heterocycles. The molecule has 0 spiro atoms. The average Bonchev–Trinajstić information content (AvgIpc) is 3.09. The second-order valence-electron chi connectivity index (χ2n) is 7.55. The Morgan fingerprint density at radius 3 is 2.10 bits per heavy atom. The van der Waals surface area contributed by atoms with Gasteiger partial charge in [-0.1, -0.05) is 72.3 Å². The molecule has 6 heteroatoms. The predicted molar refractivity (Wildman–Crippen MR) is 120 cm³/mol. The number of hydrogen-bond donors (Lipinski definition) is 2. The van der Waals surface area contributed by atoms with E-state index in [9.17, 15) is 14.7 Å². The van der Waals surface area contributed by atoms with Crippen molar-refractivity contribution in [1.29, 1.82) is 0 Å². The number of carboxylic acids is 1. The highest BCUT2D eigenvalue weighted by Crippen LogP contribution is 2.44. The second kappa shape index (κ2) is 9.23. The lowest BCUT2D eigenvalue weighted by Crippen LogP contribution is -2.31. The summed E-state index contributed by atoms with van der Waals surface area (Å²) in [5.41, 5.74) is 5.40. The van der Waals surface area contributed by atoms with E-state index < -0.39 is 12.1 Å². The van der Waals surface area contributed by atoms with Gasteiger partial charge >= 0.3 is 12.1 Å². The van der Waals surface area contributed by atoms with Gasteiger partial charge in [-0.3, -0.25) is 4.79 Å². The maximum absolute atomic E-state index is 12.4. The zero-order valence-corrected chi connectivity index (χ0v) is 17.5. The summed E-state index contributed by atoms with van der Waals surface area (Å²) in [6, 6.07) is 23.2. The van der Waals surface area contributed by atoms with Gasteiger partial charge in [0.1, 0.15) is 6.61 Å². The van der Waals surface area contributed by atoms with E-state index in [0.29, 0.717) is 5.02 Å². The van der Waals surface area contributed by atoms with Crippen LogP contribution in [0, 0.1) is 0 Å². The molecule has 1 aliphatic carbocycles. The van der Waals surface area contributed by atoms with Gasteiger partial charge in [-0.25, -0.2) is 4.79 Å². The van der Waals surface area contributed by atoms with Gasteiger partial charge in [0.05, 0.1) is 6.42 Å². The maximum Gasteiger partial charge on any atom is 0.407 e. The summed E-state index contributed by atoms with van der Waals surface area (Å²) in [6.07, 6.45) is -0.670. The predicted octanol–water partition coefficient (Wildman–Crippen LogP) is 5.44. The first-order chi connectivity index (χ1) is 15.0. The van der Waals surface area contributed by atoms with Crippen LogP contribution in [0.4, 0.5) is 4.79 Å². The first kappa shape index (κ1) is 20.9. The molecule has 2 N–H and O–H groups in total. The molecule has 0 fully saturated rings. The third-order valence-corrected chi connectivity index (χ3v) is 5.85. The summed E-state index contributed by atoms with van der Waals surface area (Å²) < 4.78 is 5.53. The molecule has 31 heavy (non-hydrogen) atoms. The Kier molecular flexibility index (Phi) is 6.23. The Bertz CT molecular complexity index is 1050. The number of rotatable bonds is 7. The van der Waals surface area contributed by atoms with Crippen molar-refractivity contribution in [3.63, 3.8) is 0 Å². The molecule has 5 nitrogen and oxygen atoms in total. The third kappa shape index (κ3) is 4.72. The molecule has 0 saturated carbocycles. The van der Waals surface area contributed by atoms with Crippen molar-refractivity contribution in [2.75, 3.05) is 13.2 Å². The number of ether oxygens (including phenoxy) is 1. The number of alkyl carbamates (subject to hydrolysis) is 1. The van der Waals surface area contributed by atoms with Crippen molar-refractivity contribution in [3.8, 4) is 11.1 Å². The molecule has 3 aromatic carbocycles. The summed E-state index contributed by atoms with van der Waals surface area (Å²) in [4.78, 5) is 23.7. The van der Waals surface area contributed by atoms with Crippen molar-refractivity contribution in [2.45, 2.75) is 18.3 Å².